The molecule has 1 unspecified atom stereocenters. The summed E-state index contributed by atoms with van der Waals surface area (Å²) in [7, 11) is 0. The summed E-state index contributed by atoms with van der Waals surface area (Å²) in [6, 6.07) is 13.8. The molecule has 0 fully saturated rings. The Bertz CT molecular complexity index is 585. The second-order valence-corrected chi connectivity index (χ2v) is 6.30. The van der Waals surface area contributed by atoms with Crippen LogP contribution in [-0.2, 0) is 12.1 Å². The van der Waals surface area contributed by atoms with E-state index in [4.69, 9.17) is 0 Å². The van der Waals surface area contributed by atoms with Crippen molar-refractivity contribution < 1.29 is 5.11 Å². The number of benzene rings is 1. The van der Waals surface area contributed by atoms with Gasteiger partial charge >= 0.3 is 0 Å². The van der Waals surface area contributed by atoms with Crippen molar-refractivity contribution in [3.8, 4) is 0 Å². The summed E-state index contributed by atoms with van der Waals surface area (Å²) in [6.45, 7) is 5.65. The third-order valence-electron chi connectivity index (χ3n) is 3.31. The quantitative estimate of drug-likeness (QED) is 0.363. The van der Waals surface area contributed by atoms with E-state index in [0.717, 1.165) is 12.1 Å². The maximum atomic E-state index is 10.6. The number of hydrogen-bond acceptors (Lipinski definition) is 3. The molecule has 0 saturated heterocycles. The van der Waals surface area contributed by atoms with E-state index in [1.807, 2.05) is 48.7 Å². The number of aliphatic imine (C=N–C) groups is 1. The molecule has 0 radical (unpaired) electrons. The lowest BCUT2D eigenvalue weighted by Crippen LogP contribution is -2.44. The van der Waals surface area contributed by atoms with Crippen LogP contribution in [0.2, 0.25) is 0 Å². The highest BCUT2D eigenvalue weighted by atomic mass is 127. The average Bonchev–Trinajstić information content (AvgIpc) is 3.04. The zero-order valence-corrected chi connectivity index (χ0v) is 16.6. The van der Waals surface area contributed by atoms with E-state index in [2.05, 4.69) is 21.7 Å². The smallest absolute Gasteiger partial charge is 0.191 e. The largest absolute Gasteiger partial charge is 0.384 e. The standard InChI is InChI=1S/C17H23N3OS.HI/c1-3-18-16(19-12-15-10-7-11-22-15)20-13-17(2,21)14-8-5-4-6-9-14;/h4-11,21H,3,12-13H2,1-2H3,(H2,18,19,20);1H. The summed E-state index contributed by atoms with van der Waals surface area (Å²) < 4.78 is 0. The van der Waals surface area contributed by atoms with E-state index in [9.17, 15) is 5.11 Å². The molecule has 2 rings (SSSR count). The monoisotopic (exact) mass is 445 g/mol. The molecule has 0 spiro atoms. The van der Waals surface area contributed by atoms with Crippen LogP contribution in [0.4, 0.5) is 0 Å². The Morgan fingerprint density at radius 2 is 1.91 bits per heavy atom. The lowest BCUT2D eigenvalue weighted by molar-refractivity contribution is 0.0617. The lowest BCUT2D eigenvalue weighted by Gasteiger charge is -2.25. The van der Waals surface area contributed by atoms with Gasteiger partial charge in [-0.15, -0.1) is 35.3 Å². The van der Waals surface area contributed by atoms with Crippen molar-refractivity contribution in [2.45, 2.75) is 26.0 Å². The molecule has 23 heavy (non-hydrogen) atoms. The SMILES string of the molecule is CCNC(=NCc1cccs1)NCC(C)(O)c1ccccc1.I. The van der Waals surface area contributed by atoms with Crippen LogP contribution in [0.25, 0.3) is 0 Å². The Balaban J connectivity index is 0.00000264. The number of thiophene rings is 1. The highest BCUT2D eigenvalue weighted by Crippen LogP contribution is 2.18. The number of guanidine groups is 1. The van der Waals surface area contributed by atoms with Crippen molar-refractivity contribution in [3.63, 3.8) is 0 Å². The van der Waals surface area contributed by atoms with Gasteiger partial charge in [0.05, 0.1) is 13.1 Å². The minimum Gasteiger partial charge on any atom is -0.384 e. The van der Waals surface area contributed by atoms with E-state index >= 15 is 0 Å². The lowest BCUT2D eigenvalue weighted by atomic mass is 9.96. The molecule has 3 N–H and O–H groups in total. The Kier molecular flexibility index (Phi) is 8.57. The van der Waals surface area contributed by atoms with Gasteiger partial charge in [-0.3, -0.25) is 0 Å². The molecule has 0 aliphatic heterocycles. The molecule has 1 atom stereocenters. The van der Waals surface area contributed by atoms with E-state index < -0.39 is 5.60 Å². The number of hydrogen-bond donors (Lipinski definition) is 3. The van der Waals surface area contributed by atoms with Crippen molar-refractivity contribution in [2.75, 3.05) is 13.1 Å². The fourth-order valence-corrected chi connectivity index (χ4v) is 2.68. The zero-order valence-electron chi connectivity index (χ0n) is 13.5. The summed E-state index contributed by atoms with van der Waals surface area (Å²) >= 11 is 1.69. The fourth-order valence-electron chi connectivity index (χ4n) is 2.06. The first-order valence-corrected chi connectivity index (χ1v) is 8.32. The summed E-state index contributed by atoms with van der Waals surface area (Å²) in [5, 5.41) is 19.1. The first kappa shape index (κ1) is 19.9. The molecule has 2 aromatic rings. The van der Waals surface area contributed by atoms with Gasteiger partial charge in [-0.2, -0.15) is 0 Å². The van der Waals surface area contributed by atoms with Gasteiger partial charge in [0.1, 0.15) is 5.60 Å². The third kappa shape index (κ3) is 6.48. The highest BCUT2D eigenvalue weighted by molar-refractivity contribution is 14.0. The molecular formula is C17H24IN3OS. The van der Waals surface area contributed by atoms with Crippen molar-refractivity contribution >= 4 is 41.3 Å². The number of aliphatic hydroxyl groups is 1. The van der Waals surface area contributed by atoms with Gasteiger partial charge in [-0.1, -0.05) is 36.4 Å². The predicted molar refractivity (Wildman–Crippen MR) is 109 cm³/mol. The van der Waals surface area contributed by atoms with Crippen molar-refractivity contribution in [1.82, 2.24) is 10.6 Å². The highest BCUT2D eigenvalue weighted by Gasteiger charge is 2.22. The second kappa shape index (κ2) is 9.89. The van der Waals surface area contributed by atoms with Gasteiger partial charge in [-0.05, 0) is 30.9 Å². The Labute approximate surface area is 159 Å². The normalized spacial score (nSPS) is 13.8. The van der Waals surface area contributed by atoms with Crippen LogP contribution < -0.4 is 10.6 Å². The second-order valence-electron chi connectivity index (χ2n) is 5.27. The van der Waals surface area contributed by atoms with Crippen molar-refractivity contribution in [3.05, 3.63) is 58.3 Å². The molecular weight excluding hydrogens is 421 g/mol. The molecule has 6 heteroatoms. The molecule has 0 bridgehead atoms. The summed E-state index contributed by atoms with van der Waals surface area (Å²) in [6.07, 6.45) is 0. The molecule has 1 heterocycles. The van der Waals surface area contributed by atoms with E-state index in [0.29, 0.717) is 19.0 Å². The van der Waals surface area contributed by atoms with Gasteiger partial charge in [0.15, 0.2) is 5.96 Å². The maximum absolute atomic E-state index is 10.6. The first-order valence-electron chi connectivity index (χ1n) is 7.44. The number of nitrogens with zero attached hydrogens (tertiary/aromatic N) is 1. The topological polar surface area (TPSA) is 56.7 Å². The zero-order chi connectivity index (χ0) is 15.8. The molecule has 1 aromatic heterocycles. The van der Waals surface area contributed by atoms with Crippen LogP contribution in [0.3, 0.4) is 0 Å². The molecule has 0 amide bonds. The molecule has 0 saturated carbocycles. The van der Waals surface area contributed by atoms with Crippen molar-refractivity contribution in [1.29, 1.82) is 0 Å². The summed E-state index contributed by atoms with van der Waals surface area (Å²) in [5.74, 6) is 0.715. The van der Waals surface area contributed by atoms with Gasteiger partial charge < -0.3 is 15.7 Å². The molecule has 4 nitrogen and oxygen atoms in total. The number of rotatable bonds is 6. The van der Waals surface area contributed by atoms with Crippen LogP contribution in [0, 0.1) is 0 Å². The molecule has 1 aromatic carbocycles. The third-order valence-corrected chi connectivity index (χ3v) is 4.17. The van der Waals surface area contributed by atoms with Gasteiger partial charge in [0.25, 0.3) is 0 Å². The van der Waals surface area contributed by atoms with Gasteiger partial charge in [0, 0.05) is 11.4 Å². The van der Waals surface area contributed by atoms with E-state index in [1.54, 1.807) is 18.3 Å². The Hall–Kier alpha value is -1.12. The Morgan fingerprint density at radius 3 is 2.52 bits per heavy atom. The minimum atomic E-state index is -0.944. The average molecular weight is 445 g/mol. The van der Waals surface area contributed by atoms with Crippen LogP contribution in [-0.4, -0.2) is 24.2 Å². The summed E-state index contributed by atoms with van der Waals surface area (Å²) in [4.78, 5) is 5.76. The first-order chi connectivity index (χ1) is 10.6. The van der Waals surface area contributed by atoms with Crippen LogP contribution >= 0.6 is 35.3 Å². The molecule has 0 aliphatic carbocycles. The molecule has 126 valence electrons. The molecule has 0 aliphatic rings. The van der Waals surface area contributed by atoms with Crippen molar-refractivity contribution in [2.24, 2.45) is 4.99 Å². The maximum Gasteiger partial charge on any atom is 0.191 e. The summed E-state index contributed by atoms with van der Waals surface area (Å²) in [5.41, 5.74) is -0.0583. The number of halogens is 1. The fraction of sp³-hybridized carbons (Fsp3) is 0.353. The van der Waals surface area contributed by atoms with Gasteiger partial charge in [0.2, 0.25) is 0 Å². The van der Waals surface area contributed by atoms with E-state index in [-0.39, 0.29) is 24.0 Å². The number of nitrogens with one attached hydrogen (secondary N) is 2. The minimum absolute atomic E-state index is 0. The van der Waals surface area contributed by atoms with Gasteiger partial charge in [-0.25, -0.2) is 4.99 Å². The van der Waals surface area contributed by atoms with E-state index in [1.165, 1.54) is 4.88 Å². The van der Waals surface area contributed by atoms with Crippen LogP contribution in [0.1, 0.15) is 24.3 Å². The predicted octanol–water partition coefficient (Wildman–Crippen LogP) is 3.33. The Morgan fingerprint density at radius 1 is 1.17 bits per heavy atom. The van der Waals surface area contributed by atoms with Crippen LogP contribution in [0.15, 0.2) is 52.8 Å². The van der Waals surface area contributed by atoms with Crippen LogP contribution in [0.5, 0.6) is 0 Å².